The van der Waals surface area contributed by atoms with Crippen LogP contribution >= 0.6 is 0 Å². The molecule has 1 aromatic rings. The van der Waals surface area contributed by atoms with E-state index < -0.39 is 10.0 Å². The maximum atomic E-state index is 12.7. The summed E-state index contributed by atoms with van der Waals surface area (Å²) in [6.45, 7) is 3.14. The monoisotopic (exact) mass is 406 g/mol. The van der Waals surface area contributed by atoms with Crippen molar-refractivity contribution in [1.82, 2.24) is 14.3 Å². The average molecular weight is 407 g/mol. The van der Waals surface area contributed by atoms with Crippen molar-refractivity contribution in [2.24, 2.45) is 5.92 Å². The number of nitrogens with zero attached hydrogens (tertiary/aromatic N) is 4. The molecule has 2 aliphatic heterocycles. The zero-order chi connectivity index (χ0) is 19.9. The minimum atomic E-state index is -3.32. The van der Waals surface area contributed by atoms with Crippen LogP contribution in [0.2, 0.25) is 0 Å². The van der Waals surface area contributed by atoms with Gasteiger partial charge in [-0.2, -0.15) is 4.31 Å². The van der Waals surface area contributed by atoms with Crippen LogP contribution in [0.5, 0.6) is 0 Å². The summed E-state index contributed by atoms with van der Waals surface area (Å²) in [5, 5.41) is 0. The smallest absolute Gasteiger partial charge is 0.232 e. The molecule has 1 aliphatic carbocycles. The quantitative estimate of drug-likeness (QED) is 0.768. The Bertz CT molecular complexity index is 864. The second kappa shape index (κ2) is 7.71. The van der Waals surface area contributed by atoms with Gasteiger partial charge >= 0.3 is 0 Å². The summed E-state index contributed by atoms with van der Waals surface area (Å²) < 4.78 is 26.1. The van der Waals surface area contributed by atoms with Gasteiger partial charge in [0.1, 0.15) is 11.6 Å². The molecule has 0 aromatic carbocycles. The number of anilines is 1. The average Bonchev–Trinajstić information content (AvgIpc) is 2.98. The van der Waals surface area contributed by atoms with Crippen LogP contribution in [0, 0.1) is 12.8 Å². The molecule has 2 fully saturated rings. The Kier molecular flexibility index (Phi) is 5.44. The third-order valence-corrected chi connectivity index (χ3v) is 7.73. The highest BCUT2D eigenvalue weighted by Crippen LogP contribution is 2.36. The lowest BCUT2D eigenvalue weighted by Crippen LogP contribution is -2.39. The number of amides is 1. The third kappa shape index (κ3) is 3.81. The second-order valence-corrected chi connectivity index (χ2v) is 10.5. The first kappa shape index (κ1) is 19.8. The van der Waals surface area contributed by atoms with Gasteiger partial charge in [-0.05, 0) is 38.5 Å². The lowest BCUT2D eigenvalue weighted by molar-refractivity contribution is -0.117. The van der Waals surface area contributed by atoms with Crippen LogP contribution in [0.3, 0.4) is 0 Å². The van der Waals surface area contributed by atoms with Crippen molar-refractivity contribution < 1.29 is 13.2 Å². The van der Waals surface area contributed by atoms with Gasteiger partial charge in [0, 0.05) is 24.3 Å². The van der Waals surface area contributed by atoms with E-state index in [9.17, 15) is 13.2 Å². The van der Waals surface area contributed by atoms with Gasteiger partial charge in [-0.15, -0.1) is 0 Å². The molecule has 8 heteroatoms. The minimum absolute atomic E-state index is 0.0961. The standard InChI is InChI=1S/C20H30N4O3S/c1-14-16-12-18(25)23(13-15-8-4-3-5-9-15)20(16)22-19(21-14)17-10-6-7-11-24(17)28(2,26)27/h15,17H,3-13H2,1-2H3. The SMILES string of the molecule is Cc1nc(C2CCCCN2S(C)(=O)=O)nc2c1CC(=O)N2CC1CCCCC1. The normalized spacial score (nSPS) is 24.6. The summed E-state index contributed by atoms with van der Waals surface area (Å²) in [6, 6.07) is -0.333. The molecule has 0 radical (unpaired) electrons. The Balaban J connectivity index is 1.66. The number of fused-ring (bicyclic) bond motifs is 1. The van der Waals surface area contributed by atoms with Gasteiger partial charge in [0.15, 0.2) is 0 Å². The number of aryl methyl sites for hydroxylation is 1. The Morgan fingerprint density at radius 2 is 1.75 bits per heavy atom. The highest BCUT2D eigenvalue weighted by molar-refractivity contribution is 7.88. The van der Waals surface area contributed by atoms with E-state index in [1.165, 1.54) is 42.7 Å². The molecule has 154 valence electrons. The number of rotatable bonds is 4. The first-order chi connectivity index (χ1) is 13.3. The van der Waals surface area contributed by atoms with Gasteiger partial charge in [0.05, 0.1) is 18.7 Å². The van der Waals surface area contributed by atoms with Crippen LogP contribution in [-0.4, -0.2) is 47.9 Å². The molecule has 3 aliphatic rings. The molecule has 0 bridgehead atoms. The summed E-state index contributed by atoms with van der Waals surface area (Å²) >= 11 is 0. The predicted octanol–water partition coefficient (Wildman–Crippen LogP) is 2.74. The van der Waals surface area contributed by atoms with E-state index in [0.717, 1.165) is 42.9 Å². The first-order valence-electron chi connectivity index (χ1n) is 10.5. The fourth-order valence-corrected chi connectivity index (χ4v) is 6.05. The van der Waals surface area contributed by atoms with Crippen LogP contribution < -0.4 is 4.90 Å². The van der Waals surface area contributed by atoms with Gasteiger partial charge in [0.2, 0.25) is 15.9 Å². The second-order valence-electron chi connectivity index (χ2n) is 8.54. The molecule has 7 nitrogen and oxygen atoms in total. The van der Waals surface area contributed by atoms with Gasteiger partial charge in [-0.25, -0.2) is 18.4 Å². The molecular formula is C20H30N4O3S. The Morgan fingerprint density at radius 1 is 1.04 bits per heavy atom. The van der Waals surface area contributed by atoms with Crippen LogP contribution in [0.4, 0.5) is 5.82 Å². The van der Waals surface area contributed by atoms with E-state index in [4.69, 9.17) is 4.98 Å². The molecule has 0 spiro atoms. The molecular weight excluding hydrogens is 376 g/mol. The zero-order valence-corrected chi connectivity index (χ0v) is 17.7. The number of piperidine rings is 1. The molecule has 1 amide bonds. The number of aromatic nitrogens is 2. The van der Waals surface area contributed by atoms with Crippen molar-refractivity contribution in [3.05, 3.63) is 17.1 Å². The number of hydrogen-bond donors (Lipinski definition) is 0. The minimum Gasteiger partial charge on any atom is -0.296 e. The zero-order valence-electron chi connectivity index (χ0n) is 16.9. The van der Waals surface area contributed by atoms with Crippen LogP contribution in [0.1, 0.15) is 74.5 Å². The fraction of sp³-hybridized carbons (Fsp3) is 0.750. The number of sulfonamides is 1. The topological polar surface area (TPSA) is 83.5 Å². The summed E-state index contributed by atoms with van der Waals surface area (Å²) in [5.74, 6) is 1.89. The van der Waals surface area contributed by atoms with E-state index in [2.05, 4.69) is 4.98 Å². The summed E-state index contributed by atoms with van der Waals surface area (Å²) in [5.41, 5.74) is 1.71. The number of hydrogen-bond acceptors (Lipinski definition) is 5. The summed E-state index contributed by atoms with van der Waals surface area (Å²) in [7, 11) is -3.32. The van der Waals surface area contributed by atoms with Crippen LogP contribution in [0.15, 0.2) is 0 Å². The molecule has 1 unspecified atom stereocenters. The Labute approximate surface area is 167 Å². The summed E-state index contributed by atoms with van der Waals surface area (Å²) in [4.78, 5) is 24.0. The van der Waals surface area contributed by atoms with Crippen molar-refractivity contribution in [3.8, 4) is 0 Å². The fourth-order valence-electron chi connectivity index (χ4n) is 4.92. The van der Waals surface area contributed by atoms with E-state index in [-0.39, 0.29) is 11.9 Å². The van der Waals surface area contributed by atoms with Gasteiger partial charge in [0.25, 0.3) is 0 Å². The van der Waals surface area contributed by atoms with E-state index in [0.29, 0.717) is 24.7 Å². The van der Waals surface area contributed by atoms with E-state index >= 15 is 0 Å². The van der Waals surface area contributed by atoms with Crippen molar-refractivity contribution in [2.45, 2.75) is 70.8 Å². The van der Waals surface area contributed by atoms with Crippen LogP contribution in [0.25, 0.3) is 0 Å². The van der Waals surface area contributed by atoms with Crippen molar-refractivity contribution in [1.29, 1.82) is 0 Å². The van der Waals surface area contributed by atoms with Gasteiger partial charge in [-0.3, -0.25) is 9.69 Å². The molecule has 0 N–H and O–H groups in total. The lowest BCUT2D eigenvalue weighted by atomic mass is 9.89. The summed E-state index contributed by atoms with van der Waals surface area (Å²) in [6.07, 6.45) is 10.2. The van der Waals surface area contributed by atoms with Crippen molar-refractivity contribution >= 4 is 21.7 Å². The first-order valence-corrected chi connectivity index (χ1v) is 12.3. The van der Waals surface area contributed by atoms with Crippen molar-refractivity contribution in [2.75, 3.05) is 24.2 Å². The van der Waals surface area contributed by atoms with E-state index in [1.807, 2.05) is 11.8 Å². The van der Waals surface area contributed by atoms with Crippen LogP contribution in [-0.2, 0) is 21.2 Å². The number of carbonyl (C=O) groups excluding carboxylic acids is 1. The molecule has 1 saturated heterocycles. The van der Waals surface area contributed by atoms with Gasteiger partial charge in [-0.1, -0.05) is 25.7 Å². The third-order valence-electron chi connectivity index (χ3n) is 6.44. The molecule has 1 aromatic heterocycles. The Hall–Kier alpha value is -1.54. The highest BCUT2D eigenvalue weighted by Gasteiger charge is 2.37. The Morgan fingerprint density at radius 3 is 2.46 bits per heavy atom. The van der Waals surface area contributed by atoms with Gasteiger partial charge < -0.3 is 0 Å². The van der Waals surface area contributed by atoms with Crippen molar-refractivity contribution in [3.63, 3.8) is 0 Å². The van der Waals surface area contributed by atoms with E-state index in [1.54, 1.807) is 0 Å². The molecule has 3 heterocycles. The predicted molar refractivity (Wildman–Crippen MR) is 108 cm³/mol. The largest absolute Gasteiger partial charge is 0.296 e. The maximum Gasteiger partial charge on any atom is 0.232 e. The lowest BCUT2D eigenvalue weighted by Gasteiger charge is -2.33. The number of carbonyl (C=O) groups is 1. The molecule has 4 rings (SSSR count). The maximum absolute atomic E-state index is 12.7. The molecule has 1 saturated carbocycles. The highest BCUT2D eigenvalue weighted by atomic mass is 32.2. The molecule has 1 atom stereocenters. The molecule has 28 heavy (non-hydrogen) atoms.